The molecule has 2 aromatic carbocycles. The summed E-state index contributed by atoms with van der Waals surface area (Å²) in [4.78, 5) is 14.6. The number of hydrogen-bond donors (Lipinski definition) is 2. The molecule has 1 unspecified atom stereocenters. The van der Waals surface area contributed by atoms with Crippen LogP contribution < -0.4 is 10.2 Å². The maximum atomic E-state index is 13.7. The largest absolute Gasteiger partial charge is 0.353 e. The van der Waals surface area contributed by atoms with Crippen LogP contribution in [0.1, 0.15) is 28.8 Å². The van der Waals surface area contributed by atoms with E-state index >= 15 is 0 Å². The number of aromatic amines is 1. The first-order valence-electron chi connectivity index (χ1n) is 9.63. The van der Waals surface area contributed by atoms with E-state index in [4.69, 9.17) is 0 Å². The van der Waals surface area contributed by atoms with Crippen LogP contribution in [0.2, 0.25) is 0 Å². The summed E-state index contributed by atoms with van der Waals surface area (Å²) in [5.41, 5.74) is 2.50. The molecule has 1 atom stereocenters. The van der Waals surface area contributed by atoms with Gasteiger partial charge in [-0.1, -0.05) is 6.07 Å². The highest BCUT2D eigenvalue weighted by Crippen LogP contribution is 2.24. The molecule has 2 heterocycles. The third-order valence-electron chi connectivity index (χ3n) is 5.23. The normalized spacial score (nSPS) is 16.7. The van der Waals surface area contributed by atoms with Crippen molar-refractivity contribution in [1.82, 2.24) is 15.5 Å². The molecule has 0 bridgehead atoms. The summed E-state index contributed by atoms with van der Waals surface area (Å²) in [5, 5.41) is 10.4. The molecule has 150 valence electrons. The van der Waals surface area contributed by atoms with Gasteiger partial charge >= 0.3 is 0 Å². The fourth-order valence-electron chi connectivity index (χ4n) is 3.56. The number of piperidine rings is 1. The lowest BCUT2D eigenvalue weighted by Gasteiger charge is -2.33. The maximum absolute atomic E-state index is 13.7. The molecule has 4 rings (SSSR count). The van der Waals surface area contributed by atoms with Crippen molar-refractivity contribution in [2.24, 2.45) is 0 Å². The van der Waals surface area contributed by atoms with Gasteiger partial charge in [0.15, 0.2) is 5.82 Å². The topological polar surface area (TPSA) is 61.0 Å². The van der Waals surface area contributed by atoms with Gasteiger partial charge in [-0.15, -0.1) is 0 Å². The lowest BCUT2D eigenvalue weighted by Crippen LogP contribution is -2.48. The minimum absolute atomic E-state index is 0.0495. The molecule has 0 radical (unpaired) electrons. The van der Waals surface area contributed by atoms with Crippen molar-refractivity contribution >= 4 is 11.7 Å². The average Bonchev–Trinajstić information content (AvgIpc) is 3.21. The molecule has 0 saturated carbocycles. The van der Waals surface area contributed by atoms with Crippen LogP contribution in [0.5, 0.6) is 0 Å². The van der Waals surface area contributed by atoms with Crippen molar-refractivity contribution in [3.63, 3.8) is 0 Å². The Kier molecular flexibility index (Phi) is 5.29. The van der Waals surface area contributed by atoms with Crippen molar-refractivity contribution in [3.05, 3.63) is 71.3 Å². The Labute approximate surface area is 167 Å². The van der Waals surface area contributed by atoms with Gasteiger partial charge in [-0.05, 0) is 67.3 Å². The predicted molar refractivity (Wildman–Crippen MR) is 108 cm³/mol. The number of amides is 1. The molecule has 1 amide bonds. The summed E-state index contributed by atoms with van der Waals surface area (Å²) in [6, 6.07) is 12.6. The molecule has 1 fully saturated rings. The Morgan fingerprint density at radius 2 is 1.97 bits per heavy atom. The van der Waals surface area contributed by atoms with Crippen molar-refractivity contribution in [1.29, 1.82) is 0 Å². The third-order valence-corrected chi connectivity index (χ3v) is 5.23. The van der Waals surface area contributed by atoms with Crippen LogP contribution in [0.3, 0.4) is 0 Å². The molecule has 0 aliphatic carbocycles. The zero-order valence-electron chi connectivity index (χ0n) is 16.1. The fraction of sp³-hybridized carbons (Fsp3) is 0.273. The second kappa shape index (κ2) is 8.03. The summed E-state index contributed by atoms with van der Waals surface area (Å²) in [5.74, 6) is -0.154. The number of hydrogen-bond acceptors (Lipinski definition) is 3. The summed E-state index contributed by atoms with van der Waals surface area (Å²) in [7, 11) is 0. The SMILES string of the molecule is Cc1ccc(C(=O)NC2CCCN(c3cc(-c4ccc(F)cc4)[nH]n3)C2)cc1F. The maximum Gasteiger partial charge on any atom is 0.251 e. The van der Waals surface area contributed by atoms with E-state index in [9.17, 15) is 13.6 Å². The quantitative estimate of drug-likeness (QED) is 0.699. The van der Waals surface area contributed by atoms with Crippen molar-refractivity contribution in [2.75, 3.05) is 18.0 Å². The minimum Gasteiger partial charge on any atom is -0.353 e. The zero-order valence-corrected chi connectivity index (χ0v) is 16.1. The number of H-pyrrole nitrogens is 1. The number of anilines is 1. The van der Waals surface area contributed by atoms with Gasteiger partial charge < -0.3 is 10.2 Å². The molecule has 1 aliphatic rings. The van der Waals surface area contributed by atoms with Crippen molar-refractivity contribution < 1.29 is 13.6 Å². The van der Waals surface area contributed by atoms with Crippen LogP contribution in [-0.2, 0) is 0 Å². The predicted octanol–water partition coefficient (Wildman–Crippen LogP) is 4.06. The molecule has 29 heavy (non-hydrogen) atoms. The van der Waals surface area contributed by atoms with Crippen LogP contribution >= 0.6 is 0 Å². The first kappa shape index (κ1) is 19.1. The number of rotatable bonds is 4. The Balaban J connectivity index is 1.42. The number of nitrogens with one attached hydrogen (secondary N) is 2. The first-order valence-corrected chi connectivity index (χ1v) is 9.63. The number of nitrogens with zero attached hydrogens (tertiary/aromatic N) is 2. The number of benzene rings is 2. The van der Waals surface area contributed by atoms with Crippen LogP contribution in [0.15, 0.2) is 48.5 Å². The molecule has 7 heteroatoms. The molecular weight excluding hydrogens is 374 g/mol. The minimum atomic E-state index is -0.382. The number of aryl methyl sites for hydroxylation is 1. The van der Waals surface area contributed by atoms with Gasteiger partial charge in [0, 0.05) is 30.8 Å². The summed E-state index contributed by atoms with van der Waals surface area (Å²) in [6.45, 7) is 3.12. The molecule has 0 spiro atoms. The Bertz CT molecular complexity index is 1020. The lowest BCUT2D eigenvalue weighted by molar-refractivity contribution is 0.0932. The van der Waals surface area contributed by atoms with Gasteiger partial charge in [0.05, 0.1) is 5.69 Å². The van der Waals surface area contributed by atoms with Gasteiger partial charge in [-0.3, -0.25) is 9.89 Å². The number of halogens is 2. The van der Waals surface area contributed by atoms with E-state index < -0.39 is 0 Å². The number of carbonyl (C=O) groups excluding carboxylic acids is 1. The van der Waals surface area contributed by atoms with E-state index in [-0.39, 0.29) is 23.6 Å². The van der Waals surface area contributed by atoms with E-state index in [1.165, 1.54) is 18.2 Å². The Morgan fingerprint density at radius 3 is 2.72 bits per heavy atom. The number of aromatic nitrogens is 2. The molecule has 1 aliphatic heterocycles. The van der Waals surface area contributed by atoms with Crippen LogP contribution in [0.4, 0.5) is 14.6 Å². The van der Waals surface area contributed by atoms with E-state index in [2.05, 4.69) is 20.4 Å². The van der Waals surface area contributed by atoms with Gasteiger partial charge in [0.2, 0.25) is 0 Å². The molecule has 1 saturated heterocycles. The van der Waals surface area contributed by atoms with Crippen LogP contribution in [0.25, 0.3) is 11.3 Å². The van der Waals surface area contributed by atoms with Crippen molar-refractivity contribution in [2.45, 2.75) is 25.8 Å². The van der Waals surface area contributed by atoms with Crippen molar-refractivity contribution in [3.8, 4) is 11.3 Å². The van der Waals surface area contributed by atoms with Crippen LogP contribution in [0, 0.1) is 18.6 Å². The highest BCUT2D eigenvalue weighted by molar-refractivity contribution is 5.94. The monoisotopic (exact) mass is 396 g/mol. The second-order valence-corrected chi connectivity index (χ2v) is 7.37. The van der Waals surface area contributed by atoms with E-state index in [0.29, 0.717) is 17.7 Å². The smallest absolute Gasteiger partial charge is 0.251 e. The van der Waals surface area contributed by atoms with Gasteiger partial charge in [0.25, 0.3) is 5.91 Å². The molecule has 2 N–H and O–H groups in total. The lowest BCUT2D eigenvalue weighted by atomic mass is 10.0. The van der Waals surface area contributed by atoms with E-state index in [0.717, 1.165) is 36.5 Å². The average molecular weight is 396 g/mol. The Morgan fingerprint density at radius 1 is 1.17 bits per heavy atom. The Hall–Kier alpha value is -3.22. The van der Waals surface area contributed by atoms with Gasteiger partial charge in [0.1, 0.15) is 11.6 Å². The van der Waals surface area contributed by atoms with Gasteiger partial charge in [-0.25, -0.2) is 8.78 Å². The standard InChI is InChI=1S/C22H22F2N4O/c1-14-4-5-16(11-19(14)24)22(29)25-18-3-2-10-28(13-18)21-12-20(26-27-21)15-6-8-17(23)9-7-15/h4-9,11-12,18H,2-3,10,13H2,1H3,(H,25,29)(H,26,27). The summed E-state index contributed by atoms with van der Waals surface area (Å²) >= 11 is 0. The third kappa shape index (κ3) is 4.29. The molecule has 3 aromatic rings. The van der Waals surface area contributed by atoms with Gasteiger partial charge in [-0.2, -0.15) is 5.10 Å². The second-order valence-electron chi connectivity index (χ2n) is 7.37. The van der Waals surface area contributed by atoms with E-state index in [1.807, 2.05) is 6.07 Å². The highest BCUT2D eigenvalue weighted by atomic mass is 19.1. The summed E-state index contributed by atoms with van der Waals surface area (Å²) < 4.78 is 26.9. The first-order chi connectivity index (χ1) is 14.0. The van der Waals surface area contributed by atoms with Crippen LogP contribution in [-0.4, -0.2) is 35.2 Å². The molecular formula is C22H22F2N4O. The molecule has 1 aromatic heterocycles. The number of carbonyl (C=O) groups is 1. The zero-order chi connectivity index (χ0) is 20.4. The highest BCUT2D eigenvalue weighted by Gasteiger charge is 2.24. The fourth-order valence-corrected chi connectivity index (χ4v) is 3.56. The summed E-state index contributed by atoms with van der Waals surface area (Å²) in [6.07, 6.45) is 1.76. The molecule has 5 nitrogen and oxygen atoms in total. The van der Waals surface area contributed by atoms with E-state index in [1.54, 1.807) is 31.2 Å².